The Labute approximate surface area is 127 Å². The second-order valence-electron chi connectivity index (χ2n) is 5.05. The van der Waals surface area contributed by atoms with Crippen LogP contribution in [0.5, 0.6) is 11.5 Å². The van der Waals surface area contributed by atoms with Crippen LogP contribution >= 0.6 is 0 Å². The molecule has 1 N–H and O–H groups in total. The van der Waals surface area contributed by atoms with Crippen LogP contribution in [0.2, 0.25) is 0 Å². The molecule has 2 aromatic carbocycles. The summed E-state index contributed by atoms with van der Waals surface area (Å²) in [5.41, 5.74) is 0.597. The lowest BCUT2D eigenvalue weighted by molar-refractivity contribution is -0.144. The molecule has 1 amide bonds. The van der Waals surface area contributed by atoms with E-state index in [1.807, 2.05) is 36.4 Å². The van der Waals surface area contributed by atoms with Crippen molar-refractivity contribution in [2.75, 3.05) is 11.4 Å². The van der Waals surface area contributed by atoms with Gasteiger partial charge in [0.25, 0.3) is 0 Å². The maximum Gasteiger partial charge on any atom is 0.316 e. The third-order valence-corrected chi connectivity index (χ3v) is 3.63. The van der Waals surface area contributed by atoms with Gasteiger partial charge in [-0.15, -0.1) is 0 Å². The van der Waals surface area contributed by atoms with Crippen LogP contribution in [0.25, 0.3) is 0 Å². The van der Waals surface area contributed by atoms with Gasteiger partial charge < -0.3 is 14.7 Å². The number of amides is 1. The van der Waals surface area contributed by atoms with E-state index in [1.165, 1.54) is 4.90 Å². The van der Waals surface area contributed by atoms with E-state index in [4.69, 9.17) is 9.84 Å². The van der Waals surface area contributed by atoms with Gasteiger partial charge in [-0.2, -0.15) is 0 Å². The van der Waals surface area contributed by atoms with Crippen molar-refractivity contribution in [2.45, 2.75) is 6.42 Å². The van der Waals surface area contributed by atoms with E-state index in [2.05, 4.69) is 0 Å². The monoisotopic (exact) mass is 297 g/mol. The smallest absolute Gasteiger partial charge is 0.316 e. The van der Waals surface area contributed by atoms with E-state index in [-0.39, 0.29) is 0 Å². The van der Waals surface area contributed by atoms with Crippen LogP contribution < -0.4 is 9.64 Å². The molecular formula is C17H15NO4. The molecule has 1 aliphatic rings. The molecule has 5 nitrogen and oxygen atoms in total. The number of carboxylic acids is 1. The van der Waals surface area contributed by atoms with Crippen LogP contribution in [0.4, 0.5) is 5.69 Å². The molecule has 112 valence electrons. The lowest BCUT2D eigenvalue weighted by Gasteiger charge is -2.20. The summed E-state index contributed by atoms with van der Waals surface area (Å²) < 4.78 is 5.82. The summed E-state index contributed by atoms with van der Waals surface area (Å²) in [5, 5.41) is 9.07. The molecule has 2 aromatic rings. The van der Waals surface area contributed by atoms with Crippen molar-refractivity contribution in [1.82, 2.24) is 0 Å². The van der Waals surface area contributed by atoms with Gasteiger partial charge in [0.05, 0.1) is 5.69 Å². The number of aliphatic carboxylic acids is 1. The van der Waals surface area contributed by atoms with Crippen molar-refractivity contribution < 1.29 is 19.4 Å². The Hall–Kier alpha value is -2.82. The second kappa shape index (κ2) is 5.89. The van der Waals surface area contributed by atoms with Crippen LogP contribution in [0.15, 0.2) is 54.6 Å². The summed E-state index contributed by atoms with van der Waals surface area (Å²) in [6.45, 7) is 0.380. The van der Waals surface area contributed by atoms with Gasteiger partial charge in [-0.1, -0.05) is 30.3 Å². The molecule has 1 heterocycles. The minimum absolute atomic E-state index is 0.313. The standard InChI is InChI=1S/C17H15NO4/c19-16-13(17(20)21)10-11-18(16)14-8-4-5-9-15(14)22-12-6-2-1-3-7-12/h1-9,13H,10-11H2,(H,20,21). The topological polar surface area (TPSA) is 66.8 Å². The third kappa shape index (κ3) is 2.65. The highest BCUT2D eigenvalue weighted by atomic mass is 16.5. The van der Waals surface area contributed by atoms with Crippen molar-refractivity contribution in [2.24, 2.45) is 5.92 Å². The summed E-state index contributed by atoms with van der Waals surface area (Å²) in [6, 6.07) is 16.4. The SMILES string of the molecule is O=C(O)C1CCN(c2ccccc2Oc2ccccc2)C1=O. The van der Waals surface area contributed by atoms with E-state index in [0.717, 1.165) is 0 Å². The Morgan fingerprint density at radius 3 is 2.45 bits per heavy atom. The number of hydrogen-bond donors (Lipinski definition) is 1. The number of benzene rings is 2. The van der Waals surface area contributed by atoms with Crippen LogP contribution in [0.1, 0.15) is 6.42 Å². The Kier molecular flexibility index (Phi) is 3.78. The molecule has 0 radical (unpaired) electrons. The third-order valence-electron chi connectivity index (χ3n) is 3.63. The van der Waals surface area contributed by atoms with Gasteiger partial charge in [0.1, 0.15) is 11.7 Å². The average Bonchev–Trinajstić information content (AvgIpc) is 2.91. The zero-order valence-electron chi connectivity index (χ0n) is 11.8. The predicted octanol–water partition coefficient (Wildman–Crippen LogP) is 2.92. The highest BCUT2D eigenvalue weighted by molar-refractivity contribution is 6.08. The van der Waals surface area contributed by atoms with Crippen LogP contribution in [0.3, 0.4) is 0 Å². The fraction of sp³-hybridized carbons (Fsp3) is 0.176. The molecule has 1 atom stereocenters. The lowest BCUT2D eigenvalue weighted by atomic mass is 10.1. The molecular weight excluding hydrogens is 282 g/mol. The number of carbonyl (C=O) groups is 2. The molecule has 1 fully saturated rings. The van der Waals surface area contributed by atoms with E-state index in [1.54, 1.807) is 18.2 Å². The number of para-hydroxylation sites is 3. The van der Waals surface area contributed by atoms with Gasteiger partial charge >= 0.3 is 5.97 Å². The van der Waals surface area contributed by atoms with Crippen molar-refractivity contribution >= 4 is 17.6 Å². The fourth-order valence-electron chi connectivity index (χ4n) is 2.53. The fourth-order valence-corrected chi connectivity index (χ4v) is 2.53. The van der Waals surface area contributed by atoms with Crippen molar-refractivity contribution in [3.05, 3.63) is 54.6 Å². The molecule has 1 saturated heterocycles. The molecule has 5 heteroatoms. The van der Waals surface area contributed by atoms with Crippen LogP contribution in [-0.2, 0) is 9.59 Å². The second-order valence-corrected chi connectivity index (χ2v) is 5.05. The summed E-state index contributed by atoms with van der Waals surface area (Å²) in [5.74, 6) is -1.24. The highest BCUT2D eigenvalue weighted by Crippen LogP contribution is 2.35. The molecule has 0 spiro atoms. The minimum atomic E-state index is -1.08. The first kappa shape index (κ1) is 14.1. The highest BCUT2D eigenvalue weighted by Gasteiger charge is 2.38. The maximum absolute atomic E-state index is 12.2. The number of anilines is 1. The Bertz CT molecular complexity index is 699. The van der Waals surface area contributed by atoms with Gasteiger partial charge in [-0.3, -0.25) is 9.59 Å². The number of nitrogens with zero attached hydrogens (tertiary/aromatic N) is 1. The Morgan fingerprint density at radius 2 is 1.77 bits per heavy atom. The molecule has 0 aromatic heterocycles. The van der Waals surface area contributed by atoms with Crippen LogP contribution in [-0.4, -0.2) is 23.5 Å². The van der Waals surface area contributed by atoms with Gasteiger partial charge in [0.2, 0.25) is 5.91 Å². The van der Waals surface area contributed by atoms with Gasteiger partial charge in [0, 0.05) is 6.54 Å². The molecule has 1 unspecified atom stereocenters. The number of carbonyl (C=O) groups excluding carboxylic acids is 1. The average molecular weight is 297 g/mol. The zero-order chi connectivity index (χ0) is 15.5. The molecule has 22 heavy (non-hydrogen) atoms. The van der Waals surface area contributed by atoms with Crippen molar-refractivity contribution in [3.63, 3.8) is 0 Å². The summed E-state index contributed by atoms with van der Waals surface area (Å²) in [7, 11) is 0. The first-order valence-corrected chi connectivity index (χ1v) is 7.03. The first-order chi connectivity index (χ1) is 10.7. The Morgan fingerprint density at radius 1 is 1.09 bits per heavy atom. The number of ether oxygens (including phenoxy) is 1. The normalized spacial score (nSPS) is 17.5. The number of carboxylic acid groups (broad SMARTS) is 1. The summed E-state index contributed by atoms with van der Waals surface area (Å²) >= 11 is 0. The quantitative estimate of drug-likeness (QED) is 0.881. The summed E-state index contributed by atoms with van der Waals surface area (Å²) in [6.07, 6.45) is 0.313. The van der Waals surface area contributed by atoms with Crippen molar-refractivity contribution in [1.29, 1.82) is 0 Å². The Balaban J connectivity index is 1.89. The van der Waals surface area contributed by atoms with Gasteiger partial charge in [-0.05, 0) is 30.7 Å². The van der Waals surface area contributed by atoms with E-state index < -0.39 is 17.8 Å². The minimum Gasteiger partial charge on any atom is -0.481 e. The molecule has 0 saturated carbocycles. The van der Waals surface area contributed by atoms with Gasteiger partial charge in [-0.25, -0.2) is 0 Å². The van der Waals surface area contributed by atoms with E-state index in [9.17, 15) is 9.59 Å². The van der Waals surface area contributed by atoms with Gasteiger partial charge in [0.15, 0.2) is 5.75 Å². The molecule has 3 rings (SSSR count). The number of rotatable bonds is 4. The first-order valence-electron chi connectivity index (χ1n) is 7.03. The molecule has 0 bridgehead atoms. The van der Waals surface area contributed by atoms with E-state index >= 15 is 0 Å². The predicted molar refractivity (Wildman–Crippen MR) is 81.1 cm³/mol. The summed E-state index contributed by atoms with van der Waals surface area (Å²) in [4.78, 5) is 24.8. The number of hydrogen-bond acceptors (Lipinski definition) is 3. The maximum atomic E-state index is 12.2. The zero-order valence-corrected chi connectivity index (χ0v) is 11.8. The van der Waals surface area contributed by atoms with Crippen molar-refractivity contribution in [3.8, 4) is 11.5 Å². The van der Waals surface area contributed by atoms with Crippen LogP contribution in [0, 0.1) is 5.92 Å². The molecule has 1 aliphatic heterocycles. The molecule has 0 aliphatic carbocycles. The largest absolute Gasteiger partial charge is 0.481 e. The van der Waals surface area contributed by atoms with E-state index in [0.29, 0.717) is 30.2 Å². The lowest BCUT2D eigenvalue weighted by Crippen LogP contribution is -2.30.